The molecule has 0 aromatic carbocycles. The van der Waals surface area contributed by atoms with Gasteiger partial charge in [0.1, 0.15) is 18.1 Å². The zero-order valence-electron chi connectivity index (χ0n) is 19.5. The Bertz CT molecular complexity index is 749. The van der Waals surface area contributed by atoms with E-state index in [-0.39, 0.29) is 12.8 Å². The third kappa shape index (κ3) is 13.9. The topological polar surface area (TPSA) is 283 Å². The van der Waals surface area contributed by atoms with E-state index in [1.54, 1.807) is 0 Å². The van der Waals surface area contributed by atoms with Crippen molar-refractivity contribution < 1.29 is 39.0 Å². The molecule has 0 aromatic rings. The highest BCUT2D eigenvalue weighted by Crippen LogP contribution is 2.06. The number of carboxylic acid groups (broad SMARTS) is 2. The minimum atomic E-state index is -1.52. The van der Waals surface area contributed by atoms with Crippen LogP contribution in [0.15, 0.2) is 0 Å². The van der Waals surface area contributed by atoms with Gasteiger partial charge in [-0.2, -0.15) is 0 Å². The van der Waals surface area contributed by atoms with Crippen molar-refractivity contribution in [2.24, 2.45) is 22.9 Å². The number of carbonyl (C=O) groups is 6. The van der Waals surface area contributed by atoms with Crippen molar-refractivity contribution in [2.45, 2.75) is 75.5 Å². The van der Waals surface area contributed by atoms with Crippen LogP contribution in [0.5, 0.6) is 0 Å². The molecule has 0 bridgehead atoms. The molecule has 13 N–H and O–H groups in total. The first-order chi connectivity index (χ1) is 16.4. The highest BCUT2D eigenvalue weighted by Gasteiger charge is 2.31. The molecule has 0 aliphatic rings. The smallest absolute Gasteiger partial charge is 0.326 e. The molecule has 35 heavy (non-hydrogen) atoms. The fourth-order valence-corrected chi connectivity index (χ4v) is 3.03. The largest absolute Gasteiger partial charge is 0.481 e. The second kappa shape index (κ2) is 17.2. The van der Waals surface area contributed by atoms with E-state index in [2.05, 4.69) is 16.0 Å². The number of primary amides is 1. The Balaban J connectivity index is 5.49. The Labute approximate surface area is 202 Å². The van der Waals surface area contributed by atoms with Crippen LogP contribution in [-0.4, -0.2) is 83.0 Å². The molecule has 0 aliphatic heterocycles. The summed E-state index contributed by atoms with van der Waals surface area (Å²) < 4.78 is 0. The third-order valence-electron chi connectivity index (χ3n) is 4.91. The Morgan fingerprint density at radius 2 is 1.11 bits per heavy atom. The van der Waals surface area contributed by atoms with Gasteiger partial charge in [0.15, 0.2) is 0 Å². The molecular formula is C20H37N7O8. The molecule has 15 nitrogen and oxygen atoms in total. The average Bonchev–Trinajstić information content (AvgIpc) is 2.76. The number of unbranched alkanes of at least 4 members (excludes halogenated alkanes) is 2. The van der Waals surface area contributed by atoms with Crippen molar-refractivity contribution in [3.05, 3.63) is 0 Å². The lowest BCUT2D eigenvalue weighted by molar-refractivity contribution is -0.142. The van der Waals surface area contributed by atoms with Crippen molar-refractivity contribution in [3.63, 3.8) is 0 Å². The predicted molar refractivity (Wildman–Crippen MR) is 123 cm³/mol. The second-order valence-corrected chi connectivity index (χ2v) is 7.97. The summed E-state index contributed by atoms with van der Waals surface area (Å²) in [5.74, 6) is -6.27. The summed E-state index contributed by atoms with van der Waals surface area (Å²) in [5, 5.41) is 25.1. The molecule has 4 atom stereocenters. The van der Waals surface area contributed by atoms with Crippen molar-refractivity contribution in [1.82, 2.24) is 16.0 Å². The summed E-state index contributed by atoms with van der Waals surface area (Å²) in [6.07, 6.45) is 0.727. The summed E-state index contributed by atoms with van der Waals surface area (Å²) in [6.45, 7) is 0.655. The number of hydrogen-bond acceptors (Lipinski definition) is 9. The van der Waals surface area contributed by atoms with Crippen molar-refractivity contribution in [1.29, 1.82) is 0 Å². The van der Waals surface area contributed by atoms with Crippen molar-refractivity contribution in [2.75, 3.05) is 13.1 Å². The first-order valence-electron chi connectivity index (χ1n) is 11.2. The number of hydrogen-bond donors (Lipinski definition) is 9. The maximum atomic E-state index is 12.9. The molecular weight excluding hydrogens is 466 g/mol. The van der Waals surface area contributed by atoms with Crippen molar-refractivity contribution >= 4 is 35.6 Å². The van der Waals surface area contributed by atoms with Crippen molar-refractivity contribution in [3.8, 4) is 0 Å². The monoisotopic (exact) mass is 503 g/mol. The molecule has 0 aliphatic carbocycles. The Kier molecular flexibility index (Phi) is 15.6. The fourth-order valence-electron chi connectivity index (χ4n) is 3.03. The standard InChI is InChI=1S/C20H37N7O8/c21-7-3-1-5-12(25-17(31)11(23)9-16(29)30)18(32)27-14(10-15(24)28)19(33)26-13(20(34)35)6-2-4-8-22/h11-14H,1-10,21-23H2,(H2,24,28)(H,25,31)(H,26,33)(H,27,32)(H,29,30)(H,34,35). The van der Waals surface area contributed by atoms with E-state index in [0.29, 0.717) is 38.8 Å². The number of carboxylic acids is 2. The molecule has 4 amide bonds. The highest BCUT2D eigenvalue weighted by atomic mass is 16.4. The zero-order valence-corrected chi connectivity index (χ0v) is 19.5. The average molecular weight is 504 g/mol. The second-order valence-electron chi connectivity index (χ2n) is 7.97. The van der Waals surface area contributed by atoms with Crippen LogP contribution in [0.3, 0.4) is 0 Å². The normalized spacial score (nSPS) is 14.1. The number of rotatable bonds is 19. The zero-order chi connectivity index (χ0) is 27.0. The van der Waals surface area contributed by atoms with Gasteiger partial charge in [-0.05, 0) is 51.6 Å². The molecule has 4 unspecified atom stereocenters. The van der Waals surface area contributed by atoms with Gasteiger partial charge in [0.05, 0.1) is 18.9 Å². The molecule has 0 spiro atoms. The van der Waals surface area contributed by atoms with E-state index in [1.807, 2.05) is 0 Å². The summed E-state index contributed by atoms with van der Waals surface area (Å²) in [5.41, 5.74) is 21.6. The summed E-state index contributed by atoms with van der Waals surface area (Å²) in [4.78, 5) is 71.5. The maximum Gasteiger partial charge on any atom is 0.326 e. The van der Waals surface area contributed by atoms with Gasteiger partial charge in [-0.3, -0.25) is 24.0 Å². The van der Waals surface area contributed by atoms with E-state index in [4.69, 9.17) is 28.0 Å². The Morgan fingerprint density at radius 3 is 1.57 bits per heavy atom. The van der Waals surface area contributed by atoms with E-state index in [9.17, 15) is 33.9 Å². The quantitative estimate of drug-likeness (QED) is 0.0778. The lowest BCUT2D eigenvalue weighted by Crippen LogP contribution is -2.57. The van der Waals surface area contributed by atoms with Gasteiger partial charge < -0.3 is 49.1 Å². The van der Waals surface area contributed by atoms with Crippen LogP contribution < -0.4 is 38.9 Å². The van der Waals surface area contributed by atoms with Gasteiger partial charge in [-0.15, -0.1) is 0 Å². The van der Waals surface area contributed by atoms with Gasteiger partial charge in [0, 0.05) is 0 Å². The lowest BCUT2D eigenvalue weighted by atomic mass is 10.1. The minimum Gasteiger partial charge on any atom is -0.481 e. The van der Waals surface area contributed by atoms with Gasteiger partial charge in [-0.25, -0.2) is 4.79 Å². The Morgan fingerprint density at radius 1 is 0.657 bits per heavy atom. The number of amides is 4. The molecule has 0 fully saturated rings. The van der Waals surface area contributed by atoms with Crippen LogP contribution in [0.4, 0.5) is 0 Å². The van der Waals surface area contributed by atoms with Gasteiger partial charge in [-0.1, -0.05) is 0 Å². The lowest BCUT2D eigenvalue weighted by Gasteiger charge is -2.24. The number of nitrogens with one attached hydrogen (secondary N) is 3. The van der Waals surface area contributed by atoms with Gasteiger partial charge >= 0.3 is 11.9 Å². The number of nitrogens with two attached hydrogens (primary N) is 4. The van der Waals surface area contributed by atoms with E-state index in [1.165, 1.54) is 0 Å². The first kappa shape index (κ1) is 31.7. The summed E-state index contributed by atoms with van der Waals surface area (Å²) in [7, 11) is 0. The molecule has 15 heteroatoms. The van der Waals surface area contributed by atoms with Gasteiger partial charge in [0.25, 0.3) is 0 Å². The number of carbonyl (C=O) groups excluding carboxylic acids is 4. The molecule has 0 radical (unpaired) electrons. The summed E-state index contributed by atoms with van der Waals surface area (Å²) >= 11 is 0. The van der Waals surface area contributed by atoms with E-state index in [0.717, 1.165) is 0 Å². The minimum absolute atomic E-state index is 0.0781. The van der Waals surface area contributed by atoms with Crippen LogP contribution in [0.2, 0.25) is 0 Å². The number of aliphatic carboxylic acids is 2. The van der Waals surface area contributed by atoms with Crippen LogP contribution in [0, 0.1) is 0 Å². The first-order valence-corrected chi connectivity index (χ1v) is 11.2. The molecule has 0 saturated heterocycles. The van der Waals surface area contributed by atoms with Gasteiger partial charge in [0.2, 0.25) is 23.6 Å². The summed E-state index contributed by atoms with van der Waals surface area (Å²) in [6, 6.07) is -5.45. The molecule has 0 aromatic heterocycles. The SMILES string of the molecule is NCCCCC(NC(=O)C(CC(N)=O)NC(=O)C(CCCCN)NC(=O)C(N)CC(=O)O)C(=O)O. The van der Waals surface area contributed by atoms with Crippen LogP contribution >= 0.6 is 0 Å². The highest BCUT2D eigenvalue weighted by molar-refractivity contribution is 5.96. The third-order valence-corrected chi connectivity index (χ3v) is 4.91. The van der Waals surface area contributed by atoms with E-state index >= 15 is 0 Å². The molecule has 0 heterocycles. The fraction of sp³-hybridized carbons (Fsp3) is 0.700. The predicted octanol–water partition coefficient (Wildman–Crippen LogP) is -3.54. The van der Waals surface area contributed by atoms with Crippen LogP contribution in [0.1, 0.15) is 51.4 Å². The molecule has 0 saturated carbocycles. The van der Waals surface area contributed by atoms with Crippen LogP contribution in [0.25, 0.3) is 0 Å². The Hall–Kier alpha value is -3.30. The molecule has 0 rings (SSSR count). The van der Waals surface area contributed by atoms with Crippen LogP contribution in [-0.2, 0) is 28.8 Å². The van der Waals surface area contributed by atoms with E-state index < -0.39 is 72.6 Å². The maximum absolute atomic E-state index is 12.9. The molecule has 200 valence electrons.